The highest BCUT2D eigenvalue weighted by Crippen LogP contribution is 2.32. The second-order valence-electron chi connectivity index (χ2n) is 7.18. The lowest BCUT2D eigenvalue weighted by Gasteiger charge is -2.34. The van der Waals surface area contributed by atoms with Crippen LogP contribution in [0.3, 0.4) is 0 Å². The van der Waals surface area contributed by atoms with Crippen molar-refractivity contribution < 1.29 is 14.3 Å². The molecule has 0 aliphatic carbocycles. The standard InChI is InChI=1S/C21H31N2O3/c1-2-3-8-21(24)23-14-12-22(13-15-23)11-6-4-5-7-18-9-10-19-20(16-18)26-17-25-19/h9-10,16H,1-8,11-15,17H2. The van der Waals surface area contributed by atoms with E-state index in [1.54, 1.807) is 0 Å². The zero-order valence-corrected chi connectivity index (χ0v) is 15.8. The lowest BCUT2D eigenvalue weighted by Crippen LogP contribution is -2.48. The second-order valence-corrected chi connectivity index (χ2v) is 7.18. The molecular weight excluding hydrogens is 328 g/mol. The van der Waals surface area contributed by atoms with Gasteiger partial charge in [0.15, 0.2) is 11.5 Å². The molecule has 0 unspecified atom stereocenters. The number of hydrogen-bond donors (Lipinski definition) is 0. The number of fused-ring (bicyclic) bond motifs is 1. The Balaban J connectivity index is 1.26. The van der Waals surface area contributed by atoms with E-state index in [4.69, 9.17) is 9.47 Å². The molecule has 5 nitrogen and oxygen atoms in total. The van der Waals surface area contributed by atoms with Crippen molar-refractivity contribution in [2.24, 2.45) is 0 Å². The number of hydrogen-bond acceptors (Lipinski definition) is 4. The van der Waals surface area contributed by atoms with Gasteiger partial charge in [-0.1, -0.05) is 25.8 Å². The maximum Gasteiger partial charge on any atom is 0.231 e. The number of ether oxygens (including phenoxy) is 2. The Morgan fingerprint density at radius 2 is 1.81 bits per heavy atom. The van der Waals surface area contributed by atoms with Crippen molar-refractivity contribution in [3.63, 3.8) is 0 Å². The van der Waals surface area contributed by atoms with Gasteiger partial charge in [-0.3, -0.25) is 9.69 Å². The van der Waals surface area contributed by atoms with Gasteiger partial charge in [-0.25, -0.2) is 0 Å². The van der Waals surface area contributed by atoms with Crippen LogP contribution in [0.5, 0.6) is 11.5 Å². The molecule has 0 spiro atoms. The predicted molar refractivity (Wildman–Crippen MR) is 102 cm³/mol. The lowest BCUT2D eigenvalue weighted by molar-refractivity contribution is -0.133. The molecule has 1 amide bonds. The van der Waals surface area contributed by atoms with Crippen LogP contribution in [0, 0.1) is 6.92 Å². The minimum atomic E-state index is 0.303. The van der Waals surface area contributed by atoms with Crippen molar-refractivity contribution in [1.29, 1.82) is 0 Å². The van der Waals surface area contributed by atoms with E-state index < -0.39 is 0 Å². The van der Waals surface area contributed by atoms with Gasteiger partial charge in [0.2, 0.25) is 12.7 Å². The predicted octanol–water partition coefficient (Wildman–Crippen LogP) is 3.28. The van der Waals surface area contributed by atoms with Gasteiger partial charge < -0.3 is 14.4 Å². The number of carbonyl (C=O) groups is 1. The molecule has 3 rings (SSSR count). The van der Waals surface area contributed by atoms with E-state index in [1.807, 2.05) is 11.0 Å². The molecular formula is C21H31N2O3. The van der Waals surface area contributed by atoms with Crippen molar-refractivity contribution in [3.8, 4) is 11.5 Å². The SMILES string of the molecule is [CH2]CCCC(=O)N1CCN(CCCCCc2ccc3c(c2)OCO3)CC1. The molecule has 1 saturated heterocycles. The van der Waals surface area contributed by atoms with E-state index in [0.29, 0.717) is 19.1 Å². The largest absolute Gasteiger partial charge is 0.454 e. The van der Waals surface area contributed by atoms with Gasteiger partial charge in [0.1, 0.15) is 0 Å². The van der Waals surface area contributed by atoms with E-state index in [0.717, 1.165) is 63.5 Å². The second kappa shape index (κ2) is 9.81. The summed E-state index contributed by atoms with van der Waals surface area (Å²) in [6, 6.07) is 6.25. The molecule has 2 aliphatic heterocycles. The summed E-state index contributed by atoms with van der Waals surface area (Å²) < 4.78 is 10.8. The number of carbonyl (C=O) groups excluding carboxylic acids is 1. The minimum Gasteiger partial charge on any atom is -0.454 e. The highest BCUT2D eigenvalue weighted by atomic mass is 16.7. The van der Waals surface area contributed by atoms with E-state index in [-0.39, 0.29) is 0 Å². The monoisotopic (exact) mass is 359 g/mol. The molecule has 0 aromatic heterocycles. The number of rotatable bonds is 9. The van der Waals surface area contributed by atoms with Gasteiger partial charge in [-0.15, -0.1) is 0 Å². The normalized spacial score (nSPS) is 16.9. The van der Waals surface area contributed by atoms with Crippen molar-refractivity contribution in [2.45, 2.75) is 44.9 Å². The summed E-state index contributed by atoms with van der Waals surface area (Å²) in [5, 5.41) is 0. The first kappa shape index (κ1) is 19.0. The average Bonchev–Trinajstić information content (AvgIpc) is 3.14. The maximum absolute atomic E-state index is 12.0. The molecule has 26 heavy (non-hydrogen) atoms. The fraction of sp³-hybridized carbons (Fsp3) is 0.619. The summed E-state index contributed by atoms with van der Waals surface area (Å²) in [6.45, 7) is 9.08. The Kier molecular flexibility index (Phi) is 7.18. The van der Waals surface area contributed by atoms with Gasteiger partial charge in [0, 0.05) is 32.6 Å². The van der Waals surface area contributed by atoms with E-state index >= 15 is 0 Å². The summed E-state index contributed by atoms with van der Waals surface area (Å²) in [5.74, 6) is 2.04. The summed E-state index contributed by atoms with van der Waals surface area (Å²) in [7, 11) is 0. The number of amides is 1. The van der Waals surface area contributed by atoms with E-state index in [9.17, 15) is 4.79 Å². The Bertz CT molecular complexity index is 583. The molecule has 5 heteroatoms. The molecule has 2 heterocycles. The quantitative estimate of drug-likeness (QED) is 0.635. The minimum absolute atomic E-state index is 0.303. The first-order chi connectivity index (χ1) is 12.8. The number of benzene rings is 1. The van der Waals surface area contributed by atoms with Crippen molar-refractivity contribution in [3.05, 3.63) is 30.7 Å². The average molecular weight is 359 g/mol. The topological polar surface area (TPSA) is 42.0 Å². The molecule has 0 N–H and O–H groups in total. The number of nitrogens with zero attached hydrogens (tertiary/aromatic N) is 2. The molecule has 0 bridgehead atoms. The third kappa shape index (κ3) is 5.37. The van der Waals surface area contributed by atoms with E-state index in [2.05, 4.69) is 24.0 Å². The number of piperazine rings is 1. The Morgan fingerprint density at radius 1 is 1.00 bits per heavy atom. The summed E-state index contributed by atoms with van der Waals surface area (Å²) >= 11 is 0. The summed E-state index contributed by atoms with van der Waals surface area (Å²) in [6.07, 6.45) is 7.15. The van der Waals surface area contributed by atoms with Crippen LogP contribution in [0.4, 0.5) is 0 Å². The van der Waals surface area contributed by atoms with Crippen molar-refractivity contribution in [1.82, 2.24) is 9.80 Å². The first-order valence-corrected chi connectivity index (χ1v) is 9.94. The Labute approximate surface area is 157 Å². The summed E-state index contributed by atoms with van der Waals surface area (Å²) in [4.78, 5) is 16.5. The first-order valence-electron chi connectivity index (χ1n) is 9.94. The van der Waals surface area contributed by atoms with Crippen LogP contribution in [0.2, 0.25) is 0 Å². The number of aryl methyl sites for hydroxylation is 1. The summed E-state index contributed by atoms with van der Waals surface area (Å²) in [5.41, 5.74) is 1.32. The van der Waals surface area contributed by atoms with Gasteiger partial charge in [-0.05, 0) is 49.9 Å². The Morgan fingerprint density at radius 3 is 2.62 bits per heavy atom. The molecule has 0 saturated carbocycles. The third-order valence-electron chi connectivity index (χ3n) is 5.24. The van der Waals surface area contributed by atoms with Crippen LogP contribution >= 0.6 is 0 Å². The van der Waals surface area contributed by atoms with Crippen LogP contribution in [-0.2, 0) is 11.2 Å². The fourth-order valence-electron chi connectivity index (χ4n) is 3.59. The van der Waals surface area contributed by atoms with Crippen molar-refractivity contribution >= 4 is 5.91 Å². The molecule has 143 valence electrons. The smallest absolute Gasteiger partial charge is 0.231 e. The van der Waals surface area contributed by atoms with Gasteiger partial charge in [0.25, 0.3) is 0 Å². The highest BCUT2D eigenvalue weighted by molar-refractivity contribution is 5.76. The zero-order chi connectivity index (χ0) is 18.2. The molecule has 1 aromatic rings. The van der Waals surface area contributed by atoms with Crippen LogP contribution in [0.1, 0.15) is 44.1 Å². The van der Waals surface area contributed by atoms with Crippen LogP contribution < -0.4 is 9.47 Å². The van der Waals surface area contributed by atoms with E-state index in [1.165, 1.54) is 24.8 Å². The van der Waals surface area contributed by atoms with Crippen LogP contribution in [-0.4, -0.2) is 55.2 Å². The third-order valence-corrected chi connectivity index (χ3v) is 5.24. The highest BCUT2D eigenvalue weighted by Gasteiger charge is 2.20. The van der Waals surface area contributed by atoms with Gasteiger partial charge in [-0.2, -0.15) is 0 Å². The molecule has 1 radical (unpaired) electrons. The molecule has 0 atom stereocenters. The van der Waals surface area contributed by atoms with Crippen molar-refractivity contribution in [2.75, 3.05) is 39.5 Å². The lowest BCUT2D eigenvalue weighted by atomic mass is 10.1. The maximum atomic E-state index is 12.0. The van der Waals surface area contributed by atoms with Gasteiger partial charge in [0.05, 0.1) is 0 Å². The van der Waals surface area contributed by atoms with Crippen LogP contribution in [0.25, 0.3) is 0 Å². The van der Waals surface area contributed by atoms with Gasteiger partial charge >= 0.3 is 0 Å². The molecule has 1 aromatic carbocycles. The van der Waals surface area contributed by atoms with Crippen LogP contribution in [0.15, 0.2) is 18.2 Å². The fourth-order valence-corrected chi connectivity index (χ4v) is 3.59. The molecule has 2 aliphatic rings. The zero-order valence-electron chi connectivity index (χ0n) is 15.8. The number of unbranched alkanes of at least 4 members (excludes halogenated alkanes) is 3. The Hall–Kier alpha value is -1.75. The molecule has 1 fully saturated rings.